The van der Waals surface area contributed by atoms with E-state index in [4.69, 9.17) is 4.74 Å². The van der Waals surface area contributed by atoms with Crippen molar-refractivity contribution in [2.75, 3.05) is 7.11 Å². The highest BCUT2D eigenvalue weighted by Crippen LogP contribution is 2.28. The number of ether oxygens (including phenoxy) is 1. The number of amides is 1. The Balaban J connectivity index is 1.96. The fourth-order valence-electron chi connectivity index (χ4n) is 1.58. The summed E-state index contributed by atoms with van der Waals surface area (Å²) in [5, 5.41) is 5.86. The summed E-state index contributed by atoms with van der Waals surface area (Å²) in [5.41, 5.74) is -0.186. The summed E-state index contributed by atoms with van der Waals surface area (Å²) in [4.78, 5) is 11.7. The van der Waals surface area contributed by atoms with Crippen molar-refractivity contribution in [3.05, 3.63) is 47.8 Å². The molecular weight excluding hydrogens is 287 g/mol. The van der Waals surface area contributed by atoms with Gasteiger partial charge in [-0.3, -0.25) is 0 Å². The van der Waals surface area contributed by atoms with Crippen LogP contribution in [0.1, 0.15) is 11.1 Å². The highest BCUT2D eigenvalue weighted by atomic mass is 19.4. The van der Waals surface area contributed by atoms with Crippen molar-refractivity contribution in [2.45, 2.75) is 12.7 Å². The number of hydrogen-bond donors (Lipinski definition) is 1. The first-order valence-corrected chi connectivity index (χ1v) is 5.93. The lowest BCUT2D eigenvalue weighted by molar-refractivity contribution is -0.137. The minimum atomic E-state index is -4.52. The third kappa shape index (κ3) is 3.74. The number of methoxy groups -OCH3 is 1. The summed E-state index contributed by atoms with van der Waals surface area (Å²) in [6, 6.07) is 6.18. The fourth-order valence-corrected chi connectivity index (χ4v) is 1.58. The van der Waals surface area contributed by atoms with Crippen LogP contribution in [0.15, 0.2) is 36.7 Å². The molecule has 0 aliphatic rings. The van der Waals surface area contributed by atoms with E-state index in [1.54, 1.807) is 24.3 Å². The number of nitrogens with zero attached hydrogens (tertiary/aromatic N) is 2. The maximum Gasteiger partial charge on any atom is 0.419 e. The standard InChI is InChI=1S/C13H12F3N3O2/c1-21-11-4-2-9(3-5-11)6-17-12(20)19-8-10(7-18-19)13(14,15)16/h2-5,7-8H,6H2,1H3,(H,17,20). The SMILES string of the molecule is COc1ccc(CNC(=O)n2cc(C(F)(F)F)cn2)cc1. The Morgan fingerprint density at radius 2 is 2.00 bits per heavy atom. The van der Waals surface area contributed by atoms with Crippen LogP contribution in [-0.4, -0.2) is 22.9 Å². The zero-order valence-electron chi connectivity index (χ0n) is 11.0. The first kappa shape index (κ1) is 14.9. The molecule has 0 bridgehead atoms. The molecule has 1 amide bonds. The second kappa shape index (κ2) is 5.86. The summed E-state index contributed by atoms with van der Waals surface area (Å²) in [5.74, 6) is 0.673. The molecule has 0 aliphatic carbocycles. The van der Waals surface area contributed by atoms with Crippen LogP contribution in [0.2, 0.25) is 0 Å². The van der Waals surface area contributed by atoms with Gasteiger partial charge in [0.15, 0.2) is 0 Å². The van der Waals surface area contributed by atoms with E-state index in [2.05, 4.69) is 10.4 Å². The lowest BCUT2D eigenvalue weighted by Gasteiger charge is -2.06. The van der Waals surface area contributed by atoms with Gasteiger partial charge in [-0.15, -0.1) is 0 Å². The molecule has 0 fully saturated rings. The first-order valence-electron chi connectivity index (χ1n) is 5.93. The molecule has 5 nitrogen and oxygen atoms in total. The molecule has 0 atom stereocenters. The number of aromatic nitrogens is 2. The number of carbonyl (C=O) groups excluding carboxylic acids is 1. The van der Waals surface area contributed by atoms with Crippen molar-refractivity contribution in [3.8, 4) is 5.75 Å². The molecule has 21 heavy (non-hydrogen) atoms. The van der Waals surface area contributed by atoms with E-state index < -0.39 is 17.8 Å². The van der Waals surface area contributed by atoms with Crippen molar-refractivity contribution in [1.29, 1.82) is 0 Å². The largest absolute Gasteiger partial charge is 0.497 e. The third-order valence-corrected chi connectivity index (χ3v) is 2.72. The maximum absolute atomic E-state index is 12.4. The Bertz CT molecular complexity index is 620. The number of benzene rings is 1. The van der Waals surface area contributed by atoms with Crippen LogP contribution in [-0.2, 0) is 12.7 Å². The smallest absolute Gasteiger partial charge is 0.419 e. The molecule has 112 valence electrons. The number of nitrogens with one attached hydrogen (secondary N) is 1. The number of alkyl halides is 3. The van der Waals surface area contributed by atoms with Crippen LogP contribution in [0, 0.1) is 0 Å². The highest BCUT2D eigenvalue weighted by Gasteiger charge is 2.32. The third-order valence-electron chi connectivity index (χ3n) is 2.72. The molecular formula is C13H12F3N3O2. The Labute approximate surface area is 118 Å². The first-order chi connectivity index (χ1) is 9.90. The van der Waals surface area contributed by atoms with E-state index in [0.717, 1.165) is 5.56 Å². The van der Waals surface area contributed by atoms with Crippen molar-refractivity contribution >= 4 is 6.03 Å². The molecule has 2 aromatic rings. The van der Waals surface area contributed by atoms with Crippen molar-refractivity contribution in [1.82, 2.24) is 15.1 Å². The normalized spacial score (nSPS) is 11.2. The van der Waals surface area contributed by atoms with Gasteiger partial charge in [0.25, 0.3) is 0 Å². The number of carbonyl (C=O) groups is 1. The van der Waals surface area contributed by atoms with Crippen molar-refractivity contribution in [3.63, 3.8) is 0 Å². The van der Waals surface area contributed by atoms with E-state index in [-0.39, 0.29) is 6.54 Å². The van der Waals surface area contributed by atoms with Gasteiger partial charge in [0.05, 0.1) is 18.9 Å². The average Bonchev–Trinajstić information content (AvgIpc) is 2.95. The summed E-state index contributed by atoms with van der Waals surface area (Å²) < 4.78 is 42.8. The minimum Gasteiger partial charge on any atom is -0.497 e. The lowest BCUT2D eigenvalue weighted by atomic mass is 10.2. The number of hydrogen-bond acceptors (Lipinski definition) is 3. The van der Waals surface area contributed by atoms with Gasteiger partial charge in [-0.1, -0.05) is 12.1 Å². The van der Waals surface area contributed by atoms with Crippen molar-refractivity contribution in [2.24, 2.45) is 0 Å². The Kier molecular flexibility index (Phi) is 4.15. The van der Waals surface area contributed by atoms with E-state index in [1.165, 1.54) is 7.11 Å². The predicted molar refractivity (Wildman–Crippen MR) is 67.9 cm³/mol. The van der Waals surface area contributed by atoms with Gasteiger partial charge in [0, 0.05) is 12.7 Å². The molecule has 0 saturated carbocycles. The van der Waals surface area contributed by atoms with Crippen LogP contribution in [0.4, 0.5) is 18.0 Å². The molecule has 0 unspecified atom stereocenters. The van der Waals surface area contributed by atoms with E-state index in [9.17, 15) is 18.0 Å². The zero-order chi connectivity index (χ0) is 15.5. The Morgan fingerprint density at radius 1 is 1.33 bits per heavy atom. The monoisotopic (exact) mass is 299 g/mol. The van der Waals surface area contributed by atoms with Crippen molar-refractivity contribution < 1.29 is 22.7 Å². The second-order valence-electron chi connectivity index (χ2n) is 4.18. The van der Waals surface area contributed by atoms with Gasteiger partial charge in [-0.05, 0) is 17.7 Å². The molecule has 8 heteroatoms. The van der Waals surface area contributed by atoms with Crippen LogP contribution in [0.3, 0.4) is 0 Å². The van der Waals surface area contributed by atoms with E-state index in [0.29, 0.717) is 22.8 Å². The van der Waals surface area contributed by atoms with Gasteiger partial charge in [0.2, 0.25) is 0 Å². The number of rotatable bonds is 3. The molecule has 1 heterocycles. The summed E-state index contributed by atoms with van der Waals surface area (Å²) in [7, 11) is 1.53. The van der Waals surface area contributed by atoms with Gasteiger partial charge in [-0.25, -0.2) is 4.79 Å². The molecule has 1 aromatic heterocycles. The maximum atomic E-state index is 12.4. The summed E-state index contributed by atoms with van der Waals surface area (Å²) in [6.45, 7) is 0.171. The molecule has 1 aromatic carbocycles. The molecule has 0 radical (unpaired) electrons. The van der Waals surface area contributed by atoms with Gasteiger partial charge in [-0.2, -0.15) is 23.0 Å². The molecule has 1 N–H and O–H groups in total. The molecule has 2 rings (SSSR count). The van der Waals surface area contributed by atoms with Crippen LogP contribution in [0.25, 0.3) is 0 Å². The Hall–Kier alpha value is -2.51. The topological polar surface area (TPSA) is 56.1 Å². The second-order valence-corrected chi connectivity index (χ2v) is 4.18. The van der Waals surface area contributed by atoms with Crippen LogP contribution >= 0.6 is 0 Å². The van der Waals surface area contributed by atoms with Gasteiger partial charge >= 0.3 is 12.2 Å². The van der Waals surface area contributed by atoms with Gasteiger partial charge < -0.3 is 10.1 Å². The minimum absolute atomic E-state index is 0.171. The number of halogens is 3. The molecule has 0 aliphatic heterocycles. The molecule has 0 saturated heterocycles. The van der Waals surface area contributed by atoms with E-state index >= 15 is 0 Å². The zero-order valence-corrected chi connectivity index (χ0v) is 11.0. The average molecular weight is 299 g/mol. The lowest BCUT2D eigenvalue weighted by Crippen LogP contribution is -2.28. The van der Waals surface area contributed by atoms with Crippen LogP contribution < -0.4 is 10.1 Å². The summed E-state index contributed by atoms with van der Waals surface area (Å²) in [6.07, 6.45) is -3.27. The molecule has 0 spiro atoms. The Morgan fingerprint density at radius 3 is 2.52 bits per heavy atom. The predicted octanol–water partition coefficient (Wildman–Crippen LogP) is 2.67. The van der Waals surface area contributed by atoms with Crippen LogP contribution in [0.5, 0.6) is 5.75 Å². The van der Waals surface area contributed by atoms with E-state index in [1.807, 2.05) is 0 Å². The summed E-state index contributed by atoms with van der Waals surface area (Å²) >= 11 is 0. The fraction of sp³-hybridized carbons (Fsp3) is 0.231. The quantitative estimate of drug-likeness (QED) is 0.948. The van der Waals surface area contributed by atoms with Gasteiger partial charge in [0.1, 0.15) is 5.75 Å². The highest BCUT2D eigenvalue weighted by molar-refractivity contribution is 5.75.